The van der Waals surface area contributed by atoms with E-state index in [-0.39, 0.29) is 6.92 Å². The molecule has 0 aromatic carbocycles. The zero-order valence-corrected chi connectivity index (χ0v) is 5.10. The average molecular weight is 160 g/mol. The molecule has 0 saturated carbocycles. The molecule has 0 heterocycles. The summed E-state index contributed by atoms with van der Waals surface area (Å²) in [5.74, 6) is -11.5. The molecule has 60 valence electrons. The standard InChI is InChI=1S/C5H5F5/c1-3(6)5(9,10)4(2,7)8/h1H2,2H3. The van der Waals surface area contributed by atoms with Gasteiger partial charge in [-0.15, -0.1) is 0 Å². The zero-order chi connectivity index (χ0) is 8.58. The smallest absolute Gasteiger partial charge is 0.206 e. The number of rotatable bonds is 2. The molecular weight excluding hydrogens is 155 g/mol. The predicted molar refractivity (Wildman–Crippen MR) is 25.8 cm³/mol. The van der Waals surface area contributed by atoms with E-state index in [0.717, 1.165) is 0 Å². The van der Waals surface area contributed by atoms with Gasteiger partial charge in [-0.05, 0) is 0 Å². The summed E-state index contributed by atoms with van der Waals surface area (Å²) in [6.45, 7) is 2.02. The monoisotopic (exact) mass is 160 g/mol. The van der Waals surface area contributed by atoms with E-state index < -0.39 is 17.7 Å². The molecule has 0 fully saturated rings. The fraction of sp³-hybridized carbons (Fsp3) is 0.600. The molecule has 0 aliphatic heterocycles. The van der Waals surface area contributed by atoms with Crippen LogP contribution in [-0.4, -0.2) is 11.8 Å². The first-order valence-corrected chi connectivity index (χ1v) is 2.30. The minimum Gasteiger partial charge on any atom is -0.206 e. The number of hydrogen-bond acceptors (Lipinski definition) is 0. The van der Waals surface area contributed by atoms with Crippen molar-refractivity contribution < 1.29 is 22.0 Å². The summed E-state index contributed by atoms with van der Waals surface area (Å²) in [6.07, 6.45) is 0. The molecule has 0 unspecified atom stereocenters. The van der Waals surface area contributed by atoms with Crippen molar-refractivity contribution in [2.45, 2.75) is 18.8 Å². The Kier molecular flexibility index (Phi) is 2.08. The molecule has 0 bridgehead atoms. The molecule has 0 N–H and O–H groups in total. The number of hydrogen-bond donors (Lipinski definition) is 0. The normalized spacial score (nSPS) is 13.4. The van der Waals surface area contributed by atoms with Gasteiger partial charge in [0.15, 0.2) is 5.83 Å². The Bertz CT molecular complexity index is 143. The molecule has 10 heavy (non-hydrogen) atoms. The highest BCUT2D eigenvalue weighted by Crippen LogP contribution is 2.39. The highest BCUT2D eigenvalue weighted by molar-refractivity contribution is 5.03. The van der Waals surface area contributed by atoms with E-state index in [1.165, 1.54) is 0 Å². The maximum absolute atomic E-state index is 11.8. The highest BCUT2D eigenvalue weighted by Gasteiger charge is 2.55. The summed E-state index contributed by atoms with van der Waals surface area (Å²) in [6, 6.07) is 0. The lowest BCUT2D eigenvalue weighted by Crippen LogP contribution is -2.37. The van der Waals surface area contributed by atoms with E-state index >= 15 is 0 Å². The predicted octanol–water partition coefficient (Wildman–Crippen LogP) is 2.76. The van der Waals surface area contributed by atoms with Crippen molar-refractivity contribution in [3.8, 4) is 0 Å². The van der Waals surface area contributed by atoms with Crippen LogP contribution in [0.3, 0.4) is 0 Å². The minimum absolute atomic E-state index is 0.0717. The summed E-state index contributed by atoms with van der Waals surface area (Å²) in [7, 11) is 0. The van der Waals surface area contributed by atoms with Crippen LogP contribution in [0.4, 0.5) is 22.0 Å². The third-order valence-corrected chi connectivity index (χ3v) is 0.892. The quantitative estimate of drug-likeness (QED) is 0.545. The van der Waals surface area contributed by atoms with Crippen LogP contribution in [-0.2, 0) is 0 Å². The van der Waals surface area contributed by atoms with Crippen LogP contribution < -0.4 is 0 Å². The zero-order valence-electron chi connectivity index (χ0n) is 5.10. The SMILES string of the molecule is C=C(F)C(F)(F)C(C)(F)F. The van der Waals surface area contributed by atoms with E-state index in [4.69, 9.17) is 0 Å². The van der Waals surface area contributed by atoms with E-state index in [0.29, 0.717) is 0 Å². The van der Waals surface area contributed by atoms with Gasteiger partial charge >= 0.3 is 11.8 Å². The molecule has 0 spiro atoms. The molecular formula is C5H5F5. The van der Waals surface area contributed by atoms with Crippen LogP contribution in [0.15, 0.2) is 12.4 Å². The largest absolute Gasteiger partial charge is 0.359 e. The summed E-state index contributed by atoms with van der Waals surface area (Å²) in [5.41, 5.74) is 0. The molecule has 0 aromatic heterocycles. The van der Waals surface area contributed by atoms with Gasteiger partial charge in [0.05, 0.1) is 0 Å². The molecule has 0 amide bonds. The van der Waals surface area contributed by atoms with Crippen LogP contribution in [0.5, 0.6) is 0 Å². The van der Waals surface area contributed by atoms with Gasteiger partial charge in [0.1, 0.15) is 0 Å². The van der Waals surface area contributed by atoms with Gasteiger partial charge in [-0.2, -0.15) is 17.6 Å². The van der Waals surface area contributed by atoms with E-state index in [1.807, 2.05) is 0 Å². The number of allylic oxidation sites excluding steroid dienone is 1. The fourth-order valence-electron chi connectivity index (χ4n) is 0.238. The van der Waals surface area contributed by atoms with Gasteiger partial charge < -0.3 is 0 Å². The maximum atomic E-state index is 11.8. The van der Waals surface area contributed by atoms with E-state index in [1.54, 1.807) is 0 Å². The molecule has 5 heteroatoms. The van der Waals surface area contributed by atoms with Crippen molar-refractivity contribution >= 4 is 0 Å². The molecule has 0 aliphatic carbocycles. The molecule has 0 aliphatic rings. The van der Waals surface area contributed by atoms with Gasteiger partial charge in [-0.25, -0.2) is 4.39 Å². The second-order valence-electron chi connectivity index (χ2n) is 1.87. The van der Waals surface area contributed by atoms with E-state index in [2.05, 4.69) is 6.58 Å². The Morgan fingerprint density at radius 1 is 1.20 bits per heavy atom. The lowest BCUT2D eigenvalue weighted by Gasteiger charge is -2.20. The third kappa shape index (κ3) is 1.46. The minimum atomic E-state index is -4.76. The second-order valence-corrected chi connectivity index (χ2v) is 1.87. The summed E-state index contributed by atoms with van der Waals surface area (Å²) < 4.78 is 58.6. The Morgan fingerprint density at radius 2 is 1.50 bits per heavy atom. The fourth-order valence-corrected chi connectivity index (χ4v) is 0.238. The van der Waals surface area contributed by atoms with Crippen molar-refractivity contribution in [1.82, 2.24) is 0 Å². The Balaban J connectivity index is 4.57. The van der Waals surface area contributed by atoms with Crippen LogP contribution in [0.2, 0.25) is 0 Å². The van der Waals surface area contributed by atoms with Gasteiger partial charge in [-0.1, -0.05) is 6.58 Å². The molecule has 0 rings (SSSR count). The van der Waals surface area contributed by atoms with Gasteiger partial charge in [0, 0.05) is 6.92 Å². The number of alkyl halides is 4. The maximum Gasteiger partial charge on any atom is 0.359 e. The molecule has 0 aromatic rings. The third-order valence-electron chi connectivity index (χ3n) is 0.892. The highest BCUT2D eigenvalue weighted by atomic mass is 19.3. The average Bonchev–Trinajstić information content (AvgIpc) is 1.62. The number of halogens is 5. The van der Waals surface area contributed by atoms with Crippen molar-refractivity contribution in [3.05, 3.63) is 12.4 Å². The summed E-state index contributed by atoms with van der Waals surface area (Å²) >= 11 is 0. The second kappa shape index (κ2) is 2.21. The van der Waals surface area contributed by atoms with E-state index in [9.17, 15) is 22.0 Å². The van der Waals surface area contributed by atoms with Crippen LogP contribution in [0.25, 0.3) is 0 Å². The first-order valence-electron chi connectivity index (χ1n) is 2.30. The van der Waals surface area contributed by atoms with Crippen LogP contribution in [0, 0.1) is 0 Å². The molecule has 0 atom stereocenters. The first-order chi connectivity index (χ1) is 4.19. The van der Waals surface area contributed by atoms with Gasteiger partial charge in [0.25, 0.3) is 0 Å². The van der Waals surface area contributed by atoms with Crippen molar-refractivity contribution in [3.63, 3.8) is 0 Å². The lowest BCUT2D eigenvalue weighted by atomic mass is 10.2. The van der Waals surface area contributed by atoms with Crippen molar-refractivity contribution in [1.29, 1.82) is 0 Å². The molecule has 0 radical (unpaired) electrons. The topological polar surface area (TPSA) is 0 Å². The van der Waals surface area contributed by atoms with Gasteiger partial charge in [-0.3, -0.25) is 0 Å². The Morgan fingerprint density at radius 3 is 1.50 bits per heavy atom. The Labute approximate surface area is 54.3 Å². The molecule has 0 saturated heterocycles. The van der Waals surface area contributed by atoms with Crippen LogP contribution >= 0.6 is 0 Å². The first kappa shape index (κ1) is 9.39. The van der Waals surface area contributed by atoms with Crippen molar-refractivity contribution in [2.75, 3.05) is 0 Å². The molecule has 0 nitrogen and oxygen atoms in total. The lowest BCUT2D eigenvalue weighted by molar-refractivity contribution is -0.182. The summed E-state index contributed by atoms with van der Waals surface area (Å²) in [5, 5.41) is 0. The van der Waals surface area contributed by atoms with Crippen molar-refractivity contribution in [2.24, 2.45) is 0 Å². The summed E-state index contributed by atoms with van der Waals surface area (Å²) in [4.78, 5) is 0. The Hall–Kier alpha value is -0.610. The van der Waals surface area contributed by atoms with Gasteiger partial charge in [0.2, 0.25) is 0 Å². The van der Waals surface area contributed by atoms with Crippen LogP contribution in [0.1, 0.15) is 6.92 Å².